The van der Waals surface area contributed by atoms with Crippen molar-refractivity contribution >= 4 is 0 Å². The highest BCUT2D eigenvalue weighted by molar-refractivity contribution is 5.57. The summed E-state index contributed by atoms with van der Waals surface area (Å²) in [6, 6.07) is 6.81. The highest BCUT2D eigenvalue weighted by Crippen LogP contribution is 2.22. The number of aromatic nitrogens is 1. The quantitative estimate of drug-likeness (QED) is 0.814. The Labute approximate surface area is 111 Å². The average molecular weight is 264 g/mol. The fourth-order valence-corrected chi connectivity index (χ4v) is 1.67. The number of nitrogens with zero attached hydrogens (tertiary/aromatic N) is 1. The Hall–Kier alpha value is -1.72. The summed E-state index contributed by atoms with van der Waals surface area (Å²) in [5, 5.41) is 7.11. The molecule has 1 aromatic carbocycles. The largest absolute Gasteiger partial charge is 0.383 e. The molecule has 0 aliphatic heterocycles. The predicted molar refractivity (Wildman–Crippen MR) is 70.2 cm³/mol. The zero-order chi connectivity index (χ0) is 13.7. The zero-order valence-corrected chi connectivity index (χ0v) is 11.1. The summed E-state index contributed by atoms with van der Waals surface area (Å²) in [5.74, 6) is 0.330. The van der Waals surface area contributed by atoms with Crippen LogP contribution in [0.1, 0.15) is 11.3 Å². The van der Waals surface area contributed by atoms with Crippen LogP contribution >= 0.6 is 0 Å². The minimum Gasteiger partial charge on any atom is -0.383 e. The predicted octanol–water partition coefficient (Wildman–Crippen LogP) is 2.53. The number of benzene rings is 1. The van der Waals surface area contributed by atoms with Gasteiger partial charge in [-0.3, -0.25) is 0 Å². The minimum atomic E-state index is -0.242. The van der Waals surface area contributed by atoms with Crippen molar-refractivity contribution in [3.05, 3.63) is 41.3 Å². The summed E-state index contributed by atoms with van der Waals surface area (Å²) < 4.78 is 23.6. The number of aryl methyl sites for hydroxylation is 1. The maximum atomic E-state index is 13.5. The molecule has 0 radical (unpaired) electrons. The molecular formula is C14H17FN2O2. The van der Waals surface area contributed by atoms with Crippen molar-refractivity contribution in [1.29, 1.82) is 0 Å². The summed E-state index contributed by atoms with van der Waals surface area (Å²) >= 11 is 0. The van der Waals surface area contributed by atoms with Crippen molar-refractivity contribution in [3.8, 4) is 11.3 Å². The zero-order valence-electron chi connectivity index (χ0n) is 11.1. The molecule has 0 spiro atoms. The molecule has 0 amide bonds. The topological polar surface area (TPSA) is 47.3 Å². The fourth-order valence-electron chi connectivity index (χ4n) is 1.67. The first-order valence-electron chi connectivity index (χ1n) is 6.12. The molecule has 1 N–H and O–H groups in total. The van der Waals surface area contributed by atoms with E-state index in [0.717, 1.165) is 12.2 Å². The van der Waals surface area contributed by atoms with Gasteiger partial charge in [0.15, 0.2) is 5.76 Å². The van der Waals surface area contributed by atoms with Gasteiger partial charge in [-0.2, -0.15) is 0 Å². The smallest absolute Gasteiger partial charge is 0.167 e. The number of methoxy groups -OCH3 is 1. The third-order valence-corrected chi connectivity index (χ3v) is 2.80. The van der Waals surface area contributed by atoms with Crippen LogP contribution in [0.2, 0.25) is 0 Å². The number of hydrogen-bond acceptors (Lipinski definition) is 4. The van der Waals surface area contributed by atoms with Crippen LogP contribution in [0, 0.1) is 12.7 Å². The molecule has 0 atom stereocenters. The molecule has 0 bridgehead atoms. The van der Waals surface area contributed by atoms with Crippen LogP contribution in [0.3, 0.4) is 0 Å². The normalized spacial score (nSPS) is 10.9. The van der Waals surface area contributed by atoms with E-state index in [-0.39, 0.29) is 5.82 Å². The second kappa shape index (κ2) is 6.45. The molecule has 102 valence electrons. The van der Waals surface area contributed by atoms with Crippen LogP contribution in [0.5, 0.6) is 0 Å². The van der Waals surface area contributed by atoms with Crippen molar-refractivity contribution in [2.75, 3.05) is 20.3 Å². The van der Waals surface area contributed by atoms with Crippen molar-refractivity contribution in [3.63, 3.8) is 0 Å². The summed E-state index contributed by atoms with van der Waals surface area (Å²) in [4.78, 5) is 0. The van der Waals surface area contributed by atoms with Gasteiger partial charge in [0.1, 0.15) is 5.82 Å². The summed E-state index contributed by atoms with van der Waals surface area (Å²) in [7, 11) is 1.65. The van der Waals surface area contributed by atoms with Crippen LogP contribution in [-0.2, 0) is 11.3 Å². The van der Waals surface area contributed by atoms with E-state index in [2.05, 4.69) is 10.5 Å². The lowest BCUT2D eigenvalue weighted by atomic mass is 10.1. The third-order valence-electron chi connectivity index (χ3n) is 2.80. The lowest BCUT2D eigenvalue weighted by Crippen LogP contribution is -2.18. The first-order chi connectivity index (χ1) is 9.20. The molecule has 0 fully saturated rings. The Morgan fingerprint density at radius 3 is 2.95 bits per heavy atom. The molecule has 0 saturated carbocycles. The van der Waals surface area contributed by atoms with Gasteiger partial charge in [-0.1, -0.05) is 17.3 Å². The number of nitrogens with one attached hydrogen (secondary N) is 1. The van der Waals surface area contributed by atoms with Gasteiger partial charge in [0, 0.05) is 31.8 Å². The lowest BCUT2D eigenvalue weighted by molar-refractivity contribution is 0.199. The molecule has 5 heteroatoms. The molecule has 0 unspecified atom stereocenters. The van der Waals surface area contributed by atoms with Gasteiger partial charge in [0.25, 0.3) is 0 Å². The van der Waals surface area contributed by atoms with Gasteiger partial charge in [-0.15, -0.1) is 0 Å². The van der Waals surface area contributed by atoms with Gasteiger partial charge in [0.2, 0.25) is 0 Å². The van der Waals surface area contributed by atoms with Gasteiger partial charge in [0.05, 0.1) is 12.3 Å². The van der Waals surface area contributed by atoms with E-state index in [9.17, 15) is 4.39 Å². The monoisotopic (exact) mass is 264 g/mol. The van der Waals surface area contributed by atoms with E-state index in [1.165, 1.54) is 6.07 Å². The number of ether oxygens (including phenoxy) is 1. The molecule has 2 aromatic rings. The SMILES string of the molecule is COCCNCc1cc(-c2ccc(C)c(F)c2)on1. The second-order valence-corrected chi connectivity index (χ2v) is 4.32. The van der Waals surface area contributed by atoms with Crippen LogP contribution < -0.4 is 5.32 Å². The standard InChI is InChI=1S/C14H17FN2O2/c1-10-3-4-11(7-13(10)15)14-8-12(17-19-14)9-16-5-6-18-2/h3-4,7-8,16H,5-6,9H2,1-2H3. The van der Waals surface area contributed by atoms with Crippen molar-refractivity contribution in [1.82, 2.24) is 10.5 Å². The molecule has 2 rings (SSSR count). The van der Waals surface area contributed by atoms with Gasteiger partial charge >= 0.3 is 0 Å². The van der Waals surface area contributed by atoms with Crippen molar-refractivity contribution in [2.45, 2.75) is 13.5 Å². The Morgan fingerprint density at radius 1 is 1.37 bits per heavy atom. The average Bonchev–Trinajstić information content (AvgIpc) is 2.87. The molecule has 0 saturated heterocycles. The van der Waals surface area contributed by atoms with E-state index >= 15 is 0 Å². The van der Waals surface area contributed by atoms with E-state index in [1.54, 1.807) is 20.1 Å². The Balaban J connectivity index is 2.01. The molecule has 1 aromatic heterocycles. The number of rotatable bonds is 6. The number of halogens is 1. The van der Waals surface area contributed by atoms with Crippen molar-refractivity contribution < 1.29 is 13.7 Å². The first kappa shape index (κ1) is 13.7. The molecule has 19 heavy (non-hydrogen) atoms. The van der Waals surface area contributed by atoms with Gasteiger partial charge in [-0.05, 0) is 18.6 Å². The Kier molecular flexibility index (Phi) is 4.65. The molecule has 0 aliphatic carbocycles. The lowest BCUT2D eigenvalue weighted by Gasteiger charge is -1.99. The van der Waals surface area contributed by atoms with Crippen LogP contribution in [0.15, 0.2) is 28.8 Å². The van der Waals surface area contributed by atoms with Crippen LogP contribution in [-0.4, -0.2) is 25.4 Å². The van der Waals surface area contributed by atoms with Crippen LogP contribution in [0.4, 0.5) is 4.39 Å². The molecule has 0 aliphatic rings. The van der Waals surface area contributed by atoms with Gasteiger partial charge < -0.3 is 14.6 Å². The summed E-state index contributed by atoms with van der Waals surface area (Å²) in [5.41, 5.74) is 2.09. The Bertz CT molecular complexity index is 540. The maximum absolute atomic E-state index is 13.5. The fraction of sp³-hybridized carbons (Fsp3) is 0.357. The third kappa shape index (κ3) is 3.62. The van der Waals surface area contributed by atoms with E-state index in [4.69, 9.17) is 9.26 Å². The van der Waals surface area contributed by atoms with Crippen molar-refractivity contribution in [2.24, 2.45) is 0 Å². The highest BCUT2D eigenvalue weighted by atomic mass is 19.1. The highest BCUT2D eigenvalue weighted by Gasteiger charge is 2.08. The van der Waals surface area contributed by atoms with Crippen LogP contribution in [0.25, 0.3) is 11.3 Å². The second-order valence-electron chi connectivity index (χ2n) is 4.32. The van der Waals surface area contributed by atoms with E-state index < -0.39 is 0 Å². The van der Waals surface area contributed by atoms with E-state index in [0.29, 0.717) is 30.0 Å². The molecule has 4 nitrogen and oxygen atoms in total. The summed E-state index contributed by atoms with van der Waals surface area (Å²) in [6.07, 6.45) is 0. The van der Waals surface area contributed by atoms with E-state index in [1.807, 2.05) is 12.1 Å². The number of hydrogen-bond donors (Lipinski definition) is 1. The molecule has 1 heterocycles. The maximum Gasteiger partial charge on any atom is 0.167 e. The minimum absolute atomic E-state index is 0.242. The molecular weight excluding hydrogens is 247 g/mol. The first-order valence-corrected chi connectivity index (χ1v) is 6.12. The van der Waals surface area contributed by atoms with Gasteiger partial charge in [-0.25, -0.2) is 4.39 Å². The Morgan fingerprint density at radius 2 is 2.21 bits per heavy atom. The summed E-state index contributed by atoms with van der Waals surface area (Å²) in [6.45, 7) is 3.72.